The number of anilines is 1. The first-order chi connectivity index (χ1) is 12.5. The second-order valence-electron chi connectivity index (χ2n) is 5.79. The largest absolute Gasteiger partial charge is 0.497 e. The van der Waals surface area contributed by atoms with Crippen LogP contribution in [0.2, 0.25) is 0 Å². The van der Waals surface area contributed by atoms with E-state index in [1.165, 1.54) is 6.92 Å². The first-order valence-corrected chi connectivity index (χ1v) is 8.08. The maximum Gasteiger partial charge on any atom is 0.359 e. The van der Waals surface area contributed by atoms with Crippen LogP contribution in [0, 0.1) is 6.92 Å². The number of benzene rings is 1. The molecule has 2 heterocycles. The highest BCUT2D eigenvalue weighted by molar-refractivity contribution is 5.97. The van der Waals surface area contributed by atoms with Gasteiger partial charge in [-0.2, -0.15) is 0 Å². The van der Waals surface area contributed by atoms with E-state index in [0.717, 1.165) is 5.69 Å². The van der Waals surface area contributed by atoms with E-state index in [-0.39, 0.29) is 5.69 Å². The second-order valence-corrected chi connectivity index (χ2v) is 5.79. The van der Waals surface area contributed by atoms with E-state index in [2.05, 4.69) is 10.3 Å². The van der Waals surface area contributed by atoms with Crippen LogP contribution in [0.1, 0.15) is 23.1 Å². The Kier molecular flexibility index (Phi) is 4.88. The summed E-state index contributed by atoms with van der Waals surface area (Å²) in [6.45, 7) is 3.42. The summed E-state index contributed by atoms with van der Waals surface area (Å²) in [5.41, 5.74) is 2.33. The second kappa shape index (κ2) is 7.26. The molecule has 134 valence electrons. The van der Waals surface area contributed by atoms with Gasteiger partial charge < -0.3 is 19.2 Å². The molecule has 0 spiro atoms. The maximum absolute atomic E-state index is 12.3. The predicted octanol–water partition coefficient (Wildman–Crippen LogP) is 2.84. The van der Waals surface area contributed by atoms with E-state index >= 15 is 0 Å². The zero-order valence-electron chi connectivity index (χ0n) is 14.7. The summed E-state index contributed by atoms with van der Waals surface area (Å²) in [6, 6.07) is 12.4. The molecule has 3 rings (SSSR count). The van der Waals surface area contributed by atoms with E-state index in [9.17, 15) is 9.59 Å². The van der Waals surface area contributed by atoms with Gasteiger partial charge in [-0.15, -0.1) is 0 Å². The number of fused-ring (bicyclic) bond motifs is 1. The van der Waals surface area contributed by atoms with Crippen molar-refractivity contribution in [2.24, 2.45) is 0 Å². The molecule has 26 heavy (non-hydrogen) atoms. The van der Waals surface area contributed by atoms with E-state index < -0.39 is 18.0 Å². The van der Waals surface area contributed by atoms with Crippen LogP contribution >= 0.6 is 0 Å². The van der Waals surface area contributed by atoms with Crippen LogP contribution in [0.3, 0.4) is 0 Å². The molecular weight excluding hydrogens is 334 g/mol. The van der Waals surface area contributed by atoms with Gasteiger partial charge in [0.2, 0.25) is 0 Å². The number of aromatic nitrogens is 2. The molecule has 7 nitrogen and oxygen atoms in total. The topological polar surface area (TPSA) is 81.9 Å². The van der Waals surface area contributed by atoms with Crippen molar-refractivity contribution in [1.29, 1.82) is 0 Å². The molecule has 0 aliphatic heterocycles. The first kappa shape index (κ1) is 17.5. The van der Waals surface area contributed by atoms with Crippen molar-refractivity contribution in [3.63, 3.8) is 0 Å². The number of rotatable bonds is 5. The monoisotopic (exact) mass is 353 g/mol. The number of carbonyl (C=O) groups is 2. The minimum absolute atomic E-state index is 0.156. The number of nitrogens with one attached hydrogen (secondary N) is 1. The van der Waals surface area contributed by atoms with Crippen molar-refractivity contribution in [1.82, 2.24) is 9.38 Å². The van der Waals surface area contributed by atoms with Crippen molar-refractivity contribution in [2.75, 3.05) is 12.4 Å². The predicted molar refractivity (Wildman–Crippen MR) is 96.4 cm³/mol. The number of aryl methyl sites for hydroxylation is 1. The molecule has 2 aromatic heterocycles. The van der Waals surface area contributed by atoms with Gasteiger partial charge in [0.05, 0.1) is 7.11 Å². The highest BCUT2D eigenvalue weighted by Gasteiger charge is 2.21. The summed E-state index contributed by atoms with van der Waals surface area (Å²) in [6.07, 6.45) is 0.636. The van der Waals surface area contributed by atoms with Crippen LogP contribution in [0.25, 0.3) is 5.65 Å². The minimum atomic E-state index is -0.962. The highest BCUT2D eigenvalue weighted by atomic mass is 16.5. The first-order valence-electron chi connectivity index (χ1n) is 8.08. The molecule has 0 radical (unpaired) electrons. The summed E-state index contributed by atoms with van der Waals surface area (Å²) in [5, 5.41) is 2.69. The zero-order chi connectivity index (χ0) is 18.7. The Morgan fingerprint density at radius 3 is 2.54 bits per heavy atom. The van der Waals surface area contributed by atoms with Gasteiger partial charge in [0.25, 0.3) is 5.91 Å². The van der Waals surface area contributed by atoms with Gasteiger partial charge in [-0.1, -0.05) is 6.07 Å². The number of hydrogen-bond donors (Lipinski definition) is 1. The molecule has 0 saturated heterocycles. The summed E-state index contributed by atoms with van der Waals surface area (Å²) >= 11 is 0. The van der Waals surface area contributed by atoms with E-state index in [4.69, 9.17) is 9.47 Å². The van der Waals surface area contributed by atoms with E-state index in [1.807, 2.05) is 19.1 Å². The zero-order valence-corrected chi connectivity index (χ0v) is 14.7. The minimum Gasteiger partial charge on any atom is -0.497 e. The van der Waals surface area contributed by atoms with Gasteiger partial charge in [0.1, 0.15) is 11.4 Å². The van der Waals surface area contributed by atoms with Gasteiger partial charge in [-0.3, -0.25) is 4.79 Å². The fraction of sp³-hybridized carbons (Fsp3) is 0.211. The van der Waals surface area contributed by atoms with Crippen LogP contribution in [-0.2, 0) is 9.53 Å². The molecule has 1 atom stereocenters. The van der Waals surface area contributed by atoms with Crippen molar-refractivity contribution in [2.45, 2.75) is 20.0 Å². The number of ether oxygens (including phenoxy) is 2. The number of carbonyl (C=O) groups excluding carboxylic acids is 2. The lowest BCUT2D eigenvalue weighted by Gasteiger charge is -2.13. The standard InChI is InChI=1S/C19H19N3O4/c1-12-5-4-6-17-21-16(11-22(12)17)19(24)26-13(2)18(23)20-14-7-9-15(25-3)10-8-14/h4-11,13H,1-3H3,(H,20,23). The van der Waals surface area contributed by atoms with Crippen molar-refractivity contribution in [3.05, 3.63) is 60.0 Å². The average molecular weight is 353 g/mol. The summed E-state index contributed by atoms with van der Waals surface area (Å²) in [7, 11) is 1.57. The smallest absolute Gasteiger partial charge is 0.359 e. The van der Waals surface area contributed by atoms with Crippen molar-refractivity contribution >= 4 is 23.2 Å². The molecule has 1 unspecified atom stereocenters. The quantitative estimate of drug-likeness (QED) is 0.713. The Morgan fingerprint density at radius 1 is 1.15 bits per heavy atom. The van der Waals surface area contributed by atoms with Gasteiger partial charge in [-0.05, 0) is 50.2 Å². The molecule has 0 aliphatic carbocycles. The Balaban J connectivity index is 1.65. The number of imidazole rings is 1. The van der Waals surface area contributed by atoms with Crippen LogP contribution in [0.4, 0.5) is 5.69 Å². The molecule has 7 heteroatoms. The number of methoxy groups -OCH3 is 1. The fourth-order valence-corrected chi connectivity index (χ4v) is 2.44. The highest BCUT2D eigenvalue weighted by Crippen LogP contribution is 2.16. The molecule has 1 N–H and O–H groups in total. The van der Waals surface area contributed by atoms with Crippen LogP contribution in [0.5, 0.6) is 5.75 Å². The van der Waals surface area contributed by atoms with Crippen LogP contribution < -0.4 is 10.1 Å². The average Bonchev–Trinajstić information content (AvgIpc) is 3.08. The number of amides is 1. The molecule has 0 fully saturated rings. The van der Waals surface area contributed by atoms with E-state index in [0.29, 0.717) is 17.1 Å². The van der Waals surface area contributed by atoms with Crippen molar-refractivity contribution in [3.8, 4) is 5.75 Å². The van der Waals surface area contributed by atoms with Crippen LogP contribution in [0.15, 0.2) is 48.7 Å². The molecule has 0 bridgehead atoms. The Hall–Kier alpha value is -3.35. The number of nitrogens with zero attached hydrogens (tertiary/aromatic N) is 2. The van der Waals surface area contributed by atoms with Gasteiger partial charge in [-0.25, -0.2) is 9.78 Å². The molecular formula is C19H19N3O4. The molecule has 0 aliphatic rings. The third-order valence-corrected chi connectivity index (χ3v) is 3.92. The molecule has 1 aromatic carbocycles. The maximum atomic E-state index is 12.3. The molecule has 3 aromatic rings. The van der Waals surface area contributed by atoms with Crippen LogP contribution in [-0.4, -0.2) is 34.5 Å². The lowest BCUT2D eigenvalue weighted by molar-refractivity contribution is -0.123. The number of hydrogen-bond acceptors (Lipinski definition) is 5. The number of esters is 1. The van der Waals surface area contributed by atoms with E-state index in [1.54, 1.807) is 48.0 Å². The van der Waals surface area contributed by atoms with Gasteiger partial charge in [0.15, 0.2) is 11.8 Å². The fourth-order valence-electron chi connectivity index (χ4n) is 2.44. The summed E-state index contributed by atoms with van der Waals surface area (Å²) in [5.74, 6) is -0.390. The third kappa shape index (κ3) is 3.66. The summed E-state index contributed by atoms with van der Waals surface area (Å²) in [4.78, 5) is 28.7. The molecule has 0 saturated carbocycles. The SMILES string of the molecule is COc1ccc(NC(=O)C(C)OC(=O)c2cn3c(C)cccc3n2)cc1. The van der Waals surface area contributed by atoms with Crippen molar-refractivity contribution < 1.29 is 19.1 Å². The third-order valence-electron chi connectivity index (χ3n) is 3.92. The Morgan fingerprint density at radius 2 is 1.88 bits per heavy atom. The lowest BCUT2D eigenvalue weighted by Crippen LogP contribution is -2.30. The van der Waals surface area contributed by atoms with Gasteiger partial charge in [0, 0.05) is 17.6 Å². The number of pyridine rings is 1. The normalized spacial score (nSPS) is 11.8. The Labute approximate surface area is 150 Å². The van der Waals surface area contributed by atoms with Gasteiger partial charge >= 0.3 is 5.97 Å². The summed E-state index contributed by atoms with van der Waals surface area (Å²) < 4.78 is 12.1. The Bertz CT molecular complexity index is 947. The molecule has 1 amide bonds. The lowest BCUT2D eigenvalue weighted by atomic mass is 10.3.